The van der Waals surface area contributed by atoms with Gasteiger partial charge in [0.2, 0.25) is 0 Å². The minimum absolute atomic E-state index is 0.00527. The Morgan fingerprint density at radius 2 is 2.21 bits per heavy atom. The Balaban J connectivity index is 3.20. The van der Waals surface area contributed by atoms with E-state index in [1.165, 1.54) is 6.92 Å². The molecule has 0 saturated heterocycles. The fourth-order valence-electron chi connectivity index (χ4n) is 1.10. The Hall–Kier alpha value is -0.230. The van der Waals surface area contributed by atoms with Crippen LogP contribution in [0.3, 0.4) is 0 Å². The number of hydrogen-bond donors (Lipinski definition) is 0. The zero-order valence-corrected chi connectivity index (χ0v) is 11.2. The summed E-state index contributed by atoms with van der Waals surface area (Å²) in [5.74, 6) is -0.00527. The van der Waals surface area contributed by atoms with Crippen molar-refractivity contribution in [3.05, 3.63) is 32.9 Å². The first-order valence-electron chi connectivity index (χ1n) is 3.95. The van der Waals surface area contributed by atoms with E-state index in [-0.39, 0.29) is 10.6 Å². The summed E-state index contributed by atoms with van der Waals surface area (Å²) in [6, 6.07) is 5.44. The van der Waals surface area contributed by atoms with Gasteiger partial charge in [0.05, 0.1) is 4.83 Å². The van der Waals surface area contributed by atoms with E-state index in [1.54, 1.807) is 12.1 Å². The molecule has 1 aromatic carbocycles. The lowest BCUT2D eigenvalue weighted by molar-refractivity contribution is -0.116. The number of aldehydes is 1. The van der Waals surface area contributed by atoms with Crippen LogP contribution in [0.15, 0.2) is 18.2 Å². The maximum absolute atomic E-state index is 11.1. The van der Waals surface area contributed by atoms with Gasteiger partial charge in [-0.05, 0) is 47.2 Å². The number of benzene rings is 1. The van der Waals surface area contributed by atoms with Crippen molar-refractivity contribution in [3.8, 4) is 0 Å². The highest BCUT2D eigenvalue weighted by molar-refractivity contribution is 14.1. The SMILES string of the molecule is CC(=O)C(Br)c1ccc(I)cc1C=O. The highest BCUT2D eigenvalue weighted by atomic mass is 127. The van der Waals surface area contributed by atoms with Gasteiger partial charge in [0.25, 0.3) is 0 Å². The summed E-state index contributed by atoms with van der Waals surface area (Å²) >= 11 is 5.38. The fourth-order valence-corrected chi connectivity index (χ4v) is 2.03. The normalized spacial score (nSPS) is 12.2. The monoisotopic (exact) mass is 366 g/mol. The number of carbonyl (C=O) groups is 2. The molecule has 2 nitrogen and oxygen atoms in total. The highest BCUT2D eigenvalue weighted by Gasteiger charge is 2.16. The van der Waals surface area contributed by atoms with Crippen LogP contribution < -0.4 is 0 Å². The van der Waals surface area contributed by atoms with Gasteiger partial charge in [-0.15, -0.1) is 0 Å². The van der Waals surface area contributed by atoms with Crippen LogP contribution in [-0.4, -0.2) is 12.1 Å². The van der Waals surface area contributed by atoms with E-state index < -0.39 is 0 Å². The summed E-state index contributed by atoms with van der Waals surface area (Å²) in [6.07, 6.45) is 0.773. The number of ketones is 1. The van der Waals surface area contributed by atoms with Gasteiger partial charge in [-0.25, -0.2) is 0 Å². The molecule has 0 aliphatic heterocycles. The number of Topliss-reactive ketones (excluding diaryl/α,β-unsaturated/α-hetero) is 1. The van der Waals surface area contributed by atoms with E-state index >= 15 is 0 Å². The predicted octanol–water partition coefficient (Wildman–Crippen LogP) is 3.13. The van der Waals surface area contributed by atoms with Crippen LogP contribution in [0.4, 0.5) is 0 Å². The molecule has 0 spiro atoms. The summed E-state index contributed by atoms with van der Waals surface area (Å²) in [5, 5.41) is 0. The molecule has 0 bridgehead atoms. The molecule has 0 fully saturated rings. The van der Waals surface area contributed by atoms with Crippen LogP contribution in [0, 0.1) is 3.57 Å². The van der Waals surface area contributed by atoms with Gasteiger partial charge in [0.1, 0.15) is 12.1 Å². The smallest absolute Gasteiger partial charge is 0.150 e. The van der Waals surface area contributed by atoms with E-state index in [2.05, 4.69) is 38.5 Å². The Bertz CT molecular complexity index is 376. The number of halogens is 2. The largest absolute Gasteiger partial charge is 0.298 e. The van der Waals surface area contributed by atoms with Gasteiger partial charge in [0.15, 0.2) is 0 Å². The van der Waals surface area contributed by atoms with Crippen molar-refractivity contribution >= 4 is 50.6 Å². The third-order valence-electron chi connectivity index (χ3n) is 1.81. The van der Waals surface area contributed by atoms with E-state index in [0.717, 1.165) is 15.4 Å². The van der Waals surface area contributed by atoms with Crippen molar-refractivity contribution in [1.29, 1.82) is 0 Å². The van der Waals surface area contributed by atoms with Crippen molar-refractivity contribution < 1.29 is 9.59 Å². The first-order valence-corrected chi connectivity index (χ1v) is 5.95. The molecule has 1 rings (SSSR count). The quantitative estimate of drug-likeness (QED) is 0.468. The van der Waals surface area contributed by atoms with E-state index in [9.17, 15) is 9.59 Å². The molecule has 4 heteroatoms. The Kier molecular flexibility index (Phi) is 4.25. The molecule has 0 radical (unpaired) electrons. The first-order chi connectivity index (χ1) is 6.56. The fraction of sp³-hybridized carbons (Fsp3) is 0.200. The second kappa shape index (κ2) is 5.02. The van der Waals surface area contributed by atoms with Crippen LogP contribution in [0.25, 0.3) is 0 Å². The minimum atomic E-state index is -0.389. The van der Waals surface area contributed by atoms with Gasteiger partial charge in [-0.1, -0.05) is 22.0 Å². The molecule has 0 heterocycles. The van der Waals surface area contributed by atoms with Crippen LogP contribution in [0.1, 0.15) is 27.7 Å². The topological polar surface area (TPSA) is 34.1 Å². The zero-order chi connectivity index (χ0) is 10.7. The molecule has 0 aromatic heterocycles. The summed E-state index contributed by atoms with van der Waals surface area (Å²) in [4.78, 5) is 21.5. The number of alkyl halides is 1. The molecule has 74 valence electrons. The van der Waals surface area contributed by atoms with E-state index in [4.69, 9.17) is 0 Å². The molecular formula is C10H8BrIO2. The third kappa shape index (κ3) is 2.63. The maximum atomic E-state index is 11.1. The van der Waals surface area contributed by atoms with Crippen molar-refractivity contribution in [2.75, 3.05) is 0 Å². The molecule has 1 atom stereocenters. The molecule has 0 amide bonds. The lowest BCUT2D eigenvalue weighted by atomic mass is 10.0. The molecule has 14 heavy (non-hydrogen) atoms. The van der Waals surface area contributed by atoms with Crippen LogP contribution in [-0.2, 0) is 4.79 Å². The first kappa shape index (κ1) is 11.8. The summed E-state index contributed by atoms with van der Waals surface area (Å²) < 4.78 is 0.983. The van der Waals surface area contributed by atoms with Crippen LogP contribution in [0.2, 0.25) is 0 Å². The number of rotatable bonds is 3. The summed E-state index contributed by atoms with van der Waals surface area (Å²) in [5.41, 5.74) is 1.29. The average molecular weight is 367 g/mol. The maximum Gasteiger partial charge on any atom is 0.150 e. The second-order valence-electron chi connectivity index (χ2n) is 2.86. The van der Waals surface area contributed by atoms with Crippen LogP contribution in [0.5, 0.6) is 0 Å². The van der Waals surface area contributed by atoms with Crippen molar-refractivity contribution in [3.63, 3.8) is 0 Å². The van der Waals surface area contributed by atoms with Gasteiger partial charge in [0, 0.05) is 9.13 Å². The zero-order valence-electron chi connectivity index (χ0n) is 7.46. The summed E-state index contributed by atoms with van der Waals surface area (Å²) in [7, 11) is 0. The van der Waals surface area contributed by atoms with E-state index in [0.29, 0.717) is 5.56 Å². The molecule has 0 aliphatic carbocycles. The lowest BCUT2D eigenvalue weighted by Crippen LogP contribution is -2.04. The van der Waals surface area contributed by atoms with Gasteiger partial charge >= 0.3 is 0 Å². The molecule has 0 saturated carbocycles. The van der Waals surface area contributed by atoms with E-state index in [1.807, 2.05) is 6.07 Å². The number of carbonyl (C=O) groups excluding carboxylic acids is 2. The Labute approximate surface area is 104 Å². The molecule has 1 aromatic rings. The third-order valence-corrected chi connectivity index (χ3v) is 3.61. The van der Waals surface area contributed by atoms with Gasteiger partial charge in [-0.3, -0.25) is 9.59 Å². The van der Waals surface area contributed by atoms with Crippen LogP contribution >= 0.6 is 38.5 Å². The summed E-state index contributed by atoms with van der Waals surface area (Å²) in [6.45, 7) is 1.49. The van der Waals surface area contributed by atoms with Crippen molar-refractivity contribution in [2.45, 2.75) is 11.8 Å². The van der Waals surface area contributed by atoms with Crippen molar-refractivity contribution in [2.24, 2.45) is 0 Å². The van der Waals surface area contributed by atoms with Gasteiger partial charge in [-0.2, -0.15) is 0 Å². The lowest BCUT2D eigenvalue weighted by Gasteiger charge is -2.09. The highest BCUT2D eigenvalue weighted by Crippen LogP contribution is 2.27. The molecular weight excluding hydrogens is 359 g/mol. The second-order valence-corrected chi connectivity index (χ2v) is 5.03. The Morgan fingerprint density at radius 3 is 2.71 bits per heavy atom. The predicted molar refractivity (Wildman–Crippen MR) is 66.9 cm³/mol. The molecule has 1 unspecified atom stereocenters. The van der Waals surface area contributed by atoms with Crippen molar-refractivity contribution in [1.82, 2.24) is 0 Å². The van der Waals surface area contributed by atoms with Gasteiger partial charge < -0.3 is 0 Å². The standard InChI is InChI=1S/C10H8BrIO2/c1-6(14)10(11)9-3-2-8(12)4-7(9)5-13/h2-5,10H,1H3. The minimum Gasteiger partial charge on any atom is -0.298 e. The number of hydrogen-bond acceptors (Lipinski definition) is 2. The Morgan fingerprint density at radius 1 is 1.57 bits per heavy atom. The average Bonchev–Trinajstić information content (AvgIpc) is 2.16. The molecule has 0 N–H and O–H groups in total. The molecule has 0 aliphatic rings.